The Hall–Kier alpha value is -3.44. The van der Waals surface area contributed by atoms with Crippen molar-refractivity contribution in [2.24, 2.45) is 112 Å². The van der Waals surface area contributed by atoms with Gasteiger partial charge in [-0.3, -0.25) is 0 Å². The van der Waals surface area contributed by atoms with Gasteiger partial charge in [0.1, 0.15) is 0 Å². The number of hydrogen-bond donors (Lipinski definition) is 14. The van der Waals surface area contributed by atoms with Gasteiger partial charge in [0.2, 0.25) is 0 Å². The van der Waals surface area contributed by atoms with Crippen molar-refractivity contribution in [1.29, 1.82) is 0 Å². The first-order valence-corrected chi connectivity index (χ1v) is 60.6. The van der Waals surface area contributed by atoms with Crippen LogP contribution in [0.1, 0.15) is 472 Å². The highest BCUT2D eigenvalue weighted by molar-refractivity contribution is 4.92. The summed E-state index contributed by atoms with van der Waals surface area (Å²) in [6.07, 6.45) is 63.1. The molecule has 34 unspecified atom stereocenters. The van der Waals surface area contributed by atoms with Crippen LogP contribution in [0, 0.1) is 186 Å². The Morgan fingerprint density at radius 1 is 0.168 bits per heavy atom. The zero-order valence-electron chi connectivity index (χ0n) is 98.9. The van der Waals surface area contributed by atoms with E-state index in [4.69, 9.17) is 67.0 Å². The topological polar surface area (TPSA) is 339 Å². The standard InChI is InChI=1S/C129H236O20/c1-27-33-39-45-83-144-123(94(9)10)77-61-99(15)120(141)76-60-109(25)127(148-87-49-43-37-31-5)80-64-101(17)113(134)69-52-95(11)112(133)68-51-96(12)117(138)73-57-108(24)126(147-86-48-42-36-30-4)81-65-103(19)116(137)72-55-104(20)121(142)89-129(91-130,92-131)90-122(143)105(21)66-82-128(149-88-50-44-38-32-6)110(26)59-75-119(140)98(14)54-71-115(136)102(18)63-79-125(146-85-47-41-35-29-3)107(23)58-74-118(139)97(13)53-70-114(135)100(16)62-78-124(145-84-46-40-34-28-2)106(22)56-67-111(132)93(7)8/h1-6,93-128,130-143H,33-92H2,7-26H3. The Morgan fingerprint density at radius 3 is 0.463 bits per heavy atom. The molecule has 0 aliphatic heterocycles. The second-order valence-corrected chi connectivity index (χ2v) is 48.8. The SMILES string of the molecule is C#CCCCCOC(CCC(C)C(O)CCC(C)C(CCC(C)C(O)CCC(C)C(O)CCC(C)C(O)CCC(C)C(CCC(C)C(O)CCC(C)C(O)CC(CO)(CO)CC(O)C(C)CCC(OCCCCC#C)C(C)CCC(O)C(C)CCC(O)C(C)CCC(OCCCCC#C)C(C)CCC(O)C(C)CCC(O)C(C)CCC(OCCCCC#C)C(C)CCC(O)C(C)C)OCCCCC#C)OCCCCC#C)C(C)C. The van der Waals surface area contributed by atoms with Crippen LogP contribution in [-0.4, -0.2) is 234 Å². The number of aliphatic hydroxyl groups excluding tert-OH is 14. The van der Waals surface area contributed by atoms with E-state index in [1.165, 1.54) is 0 Å². The van der Waals surface area contributed by atoms with Gasteiger partial charge in [-0.05, 0) is 402 Å². The predicted molar refractivity (Wildman–Crippen MR) is 617 cm³/mol. The van der Waals surface area contributed by atoms with Gasteiger partial charge in [-0.2, -0.15) is 0 Å². The van der Waals surface area contributed by atoms with Crippen LogP contribution in [0.5, 0.6) is 0 Å². The van der Waals surface area contributed by atoms with E-state index in [1.54, 1.807) is 0 Å². The van der Waals surface area contributed by atoms with Crippen molar-refractivity contribution in [2.75, 3.05) is 52.9 Å². The Balaban J connectivity index is 5.71. The fraction of sp³-hybridized carbons (Fsp3) is 0.907. The maximum absolute atomic E-state index is 11.9. The zero-order valence-corrected chi connectivity index (χ0v) is 98.9. The van der Waals surface area contributed by atoms with Crippen LogP contribution in [-0.2, 0) is 28.4 Å². The molecule has 0 aromatic rings. The van der Waals surface area contributed by atoms with Gasteiger partial charge >= 0.3 is 0 Å². The van der Waals surface area contributed by atoms with Crippen molar-refractivity contribution in [3.05, 3.63) is 0 Å². The Morgan fingerprint density at radius 2 is 0.309 bits per heavy atom. The number of rotatable bonds is 102. The molecule has 20 nitrogen and oxygen atoms in total. The van der Waals surface area contributed by atoms with Crippen LogP contribution in [0.3, 0.4) is 0 Å². The molecule has 0 bridgehead atoms. The normalized spacial score (nSPS) is 19.2. The van der Waals surface area contributed by atoms with Crippen LogP contribution in [0.2, 0.25) is 0 Å². The van der Waals surface area contributed by atoms with Crippen LogP contribution in [0.15, 0.2) is 0 Å². The molecular formula is C129H236O20. The van der Waals surface area contributed by atoms with Gasteiger partial charge in [0.05, 0.1) is 123 Å². The maximum atomic E-state index is 11.9. The summed E-state index contributed by atoms with van der Waals surface area (Å²) in [7, 11) is 0. The molecule has 0 fully saturated rings. The molecule has 0 aliphatic carbocycles. The van der Waals surface area contributed by atoms with Gasteiger partial charge in [0, 0.05) is 83.6 Å². The maximum Gasteiger partial charge on any atom is 0.0600 e. The molecule has 0 rings (SSSR count). The van der Waals surface area contributed by atoms with Gasteiger partial charge in [0.15, 0.2) is 0 Å². The highest BCUT2D eigenvalue weighted by atomic mass is 16.5. The Labute approximate surface area is 915 Å². The van der Waals surface area contributed by atoms with E-state index in [0.717, 1.165) is 180 Å². The zero-order chi connectivity index (χ0) is 112. The van der Waals surface area contributed by atoms with E-state index in [2.05, 4.69) is 132 Å². The summed E-state index contributed by atoms with van der Waals surface area (Å²) in [5, 5.41) is 160. The highest BCUT2D eigenvalue weighted by Gasteiger charge is 2.39. The van der Waals surface area contributed by atoms with Crippen LogP contribution in [0.25, 0.3) is 0 Å². The van der Waals surface area contributed by atoms with Gasteiger partial charge in [-0.1, -0.05) is 138 Å². The first kappa shape index (κ1) is 146. The van der Waals surface area contributed by atoms with Gasteiger partial charge in [-0.15, -0.1) is 74.1 Å². The minimum atomic E-state index is -1.17. The molecule has 34 atom stereocenters. The fourth-order valence-electron chi connectivity index (χ4n) is 21.2. The summed E-state index contributed by atoms with van der Waals surface area (Å²) < 4.78 is 39.1. The van der Waals surface area contributed by atoms with E-state index in [0.29, 0.717) is 187 Å². The fourth-order valence-corrected chi connectivity index (χ4v) is 21.2. The average molecular weight is 2110 g/mol. The third-order valence-corrected chi connectivity index (χ3v) is 34.8. The quantitative estimate of drug-likeness (QED) is 0.0199. The summed E-state index contributed by atoms with van der Waals surface area (Å²) in [4.78, 5) is 0. The smallest absolute Gasteiger partial charge is 0.0600 e. The van der Waals surface area contributed by atoms with E-state index in [-0.39, 0.29) is 156 Å². The van der Waals surface area contributed by atoms with E-state index < -0.39 is 85.8 Å². The molecule has 0 amide bonds. The van der Waals surface area contributed by atoms with Gasteiger partial charge in [-0.25, -0.2) is 0 Å². The van der Waals surface area contributed by atoms with Crippen LogP contribution >= 0.6 is 0 Å². The lowest BCUT2D eigenvalue weighted by atomic mass is 9.74. The number of unbranched alkanes of at least 4 members (excludes halogenated alkanes) is 12. The number of aliphatic hydroxyl groups is 14. The molecular weight excluding hydrogens is 1870 g/mol. The number of hydrogen-bond acceptors (Lipinski definition) is 20. The van der Waals surface area contributed by atoms with Crippen LogP contribution in [0.4, 0.5) is 0 Å². The molecule has 0 saturated heterocycles. The molecule has 0 heterocycles. The molecule has 20 heteroatoms. The van der Waals surface area contributed by atoms with Crippen molar-refractivity contribution < 1.29 is 99.9 Å². The molecule has 0 aromatic heterocycles. The number of terminal acetylenes is 6. The molecule has 149 heavy (non-hydrogen) atoms. The molecule has 0 aromatic carbocycles. The minimum Gasteiger partial charge on any atom is -0.396 e. The third-order valence-electron chi connectivity index (χ3n) is 34.8. The lowest BCUT2D eigenvalue weighted by molar-refractivity contribution is -0.0526. The molecule has 872 valence electrons. The van der Waals surface area contributed by atoms with Gasteiger partial charge < -0.3 is 99.9 Å². The summed E-state index contributed by atoms with van der Waals surface area (Å²) in [6, 6.07) is 0. The van der Waals surface area contributed by atoms with Crippen molar-refractivity contribution in [2.45, 2.75) is 582 Å². The minimum absolute atomic E-state index is 0.00200. The van der Waals surface area contributed by atoms with Crippen molar-refractivity contribution in [1.82, 2.24) is 0 Å². The molecule has 0 saturated carbocycles. The Kier molecular flexibility index (Phi) is 87.3. The largest absolute Gasteiger partial charge is 0.396 e. The van der Waals surface area contributed by atoms with Crippen molar-refractivity contribution >= 4 is 0 Å². The van der Waals surface area contributed by atoms with Crippen LogP contribution < -0.4 is 0 Å². The lowest BCUT2D eigenvalue weighted by Gasteiger charge is -2.37. The molecule has 0 aliphatic rings. The molecule has 0 spiro atoms. The molecule has 0 radical (unpaired) electrons. The van der Waals surface area contributed by atoms with Crippen molar-refractivity contribution in [3.63, 3.8) is 0 Å². The van der Waals surface area contributed by atoms with E-state index >= 15 is 0 Å². The highest BCUT2D eigenvalue weighted by Crippen LogP contribution is 2.39. The molecule has 14 N–H and O–H groups in total. The first-order valence-electron chi connectivity index (χ1n) is 60.6. The third kappa shape index (κ3) is 68.9. The van der Waals surface area contributed by atoms with E-state index in [9.17, 15) is 71.5 Å². The summed E-state index contributed by atoms with van der Waals surface area (Å²) >= 11 is 0. The lowest BCUT2D eigenvalue weighted by Crippen LogP contribution is -2.40. The van der Waals surface area contributed by atoms with Gasteiger partial charge in [0.25, 0.3) is 0 Å². The summed E-state index contributed by atoms with van der Waals surface area (Å²) in [5.74, 6) is 17.2. The van der Waals surface area contributed by atoms with Crippen molar-refractivity contribution in [3.8, 4) is 74.1 Å². The average Bonchev–Trinajstić information content (AvgIpc) is 0.832. The summed E-state index contributed by atoms with van der Waals surface area (Å²) in [6.45, 7) is 44.8. The summed E-state index contributed by atoms with van der Waals surface area (Å²) in [5.41, 5.74) is -1.17. The Bertz CT molecular complexity index is 3370. The number of ether oxygens (including phenoxy) is 6. The second kappa shape index (κ2) is 89.4. The van der Waals surface area contributed by atoms with E-state index in [1.807, 2.05) is 41.5 Å². The first-order chi connectivity index (χ1) is 70.9. The predicted octanol–water partition coefficient (Wildman–Crippen LogP) is 24.2. The monoisotopic (exact) mass is 2110 g/mol. The second-order valence-electron chi connectivity index (χ2n) is 48.8.